The van der Waals surface area contributed by atoms with Gasteiger partial charge in [0, 0.05) is 19.2 Å². The number of methoxy groups -OCH3 is 1. The second-order valence-corrected chi connectivity index (χ2v) is 10.8. The summed E-state index contributed by atoms with van der Waals surface area (Å²) < 4.78 is 79.1. The molecule has 0 aliphatic carbocycles. The molecule has 1 saturated heterocycles. The van der Waals surface area contributed by atoms with Crippen LogP contribution < -0.4 is 15.0 Å². The fraction of sp³-hybridized carbons (Fsp3) is 0.364. The SMILES string of the molecule is COc1cc(OC2CCN(C)CC2)ccc1-n1c(C)nc2ccc(S(F)(F)(F)(F)F)cc2c1=O. The lowest BCUT2D eigenvalue weighted by Gasteiger charge is -2.40. The van der Waals surface area contributed by atoms with Crippen LogP contribution >= 0.6 is 10.2 Å². The number of nitrogens with zero attached hydrogens (tertiary/aromatic N) is 3. The smallest absolute Gasteiger partial charge is 0.310 e. The van der Waals surface area contributed by atoms with Gasteiger partial charge in [-0.05, 0) is 57.1 Å². The third-order valence-corrected chi connectivity index (χ3v) is 6.96. The molecule has 34 heavy (non-hydrogen) atoms. The number of benzene rings is 2. The number of rotatable bonds is 5. The molecule has 12 heteroatoms. The molecule has 2 heterocycles. The summed E-state index contributed by atoms with van der Waals surface area (Å²) in [4.78, 5) is 17.4. The number of ether oxygens (including phenoxy) is 2. The fourth-order valence-corrected chi connectivity index (χ4v) is 4.68. The van der Waals surface area contributed by atoms with Crippen molar-refractivity contribution in [1.29, 1.82) is 0 Å². The lowest BCUT2D eigenvalue weighted by atomic mass is 10.1. The number of fused-ring (bicyclic) bond motifs is 1. The van der Waals surface area contributed by atoms with Gasteiger partial charge in [0.25, 0.3) is 5.56 Å². The van der Waals surface area contributed by atoms with Crippen molar-refractivity contribution in [3.05, 3.63) is 52.6 Å². The molecular formula is C22H24F5N3O3S. The van der Waals surface area contributed by atoms with Gasteiger partial charge < -0.3 is 14.4 Å². The molecule has 6 nitrogen and oxygen atoms in total. The molecule has 1 aliphatic rings. The Bertz CT molecular complexity index is 1320. The highest BCUT2D eigenvalue weighted by atomic mass is 32.5. The van der Waals surface area contributed by atoms with Crippen LogP contribution in [-0.4, -0.2) is 47.8 Å². The normalized spacial score (nSPS) is 17.9. The van der Waals surface area contributed by atoms with Gasteiger partial charge in [0.2, 0.25) is 0 Å². The van der Waals surface area contributed by atoms with Gasteiger partial charge in [-0.2, -0.15) is 0 Å². The maximum absolute atomic E-state index is 13.3. The van der Waals surface area contributed by atoms with E-state index < -0.39 is 26.1 Å². The lowest BCUT2D eigenvalue weighted by molar-refractivity contribution is 0.114. The molecule has 4 rings (SSSR count). The van der Waals surface area contributed by atoms with Crippen molar-refractivity contribution >= 4 is 21.1 Å². The highest BCUT2D eigenvalue weighted by Gasteiger charge is 2.65. The number of aryl methyl sites for hydroxylation is 1. The molecule has 186 valence electrons. The minimum Gasteiger partial charge on any atom is -0.494 e. The molecule has 0 saturated carbocycles. The molecule has 1 fully saturated rings. The standard InChI is InChI=1S/C22H24F5N3O3S/c1-14-28-19-6-5-17(34(23,24,25,26)27)13-18(19)22(31)30(14)20-7-4-16(12-21(20)32-3)33-15-8-10-29(2)11-9-15/h4-7,12-13,15H,8-11H2,1-3H3. The van der Waals surface area contributed by atoms with Gasteiger partial charge in [-0.25, -0.2) is 4.98 Å². The summed E-state index contributed by atoms with van der Waals surface area (Å²) in [5, 5.41) is -0.579. The Hall–Kier alpha value is -2.86. The zero-order valence-electron chi connectivity index (χ0n) is 18.7. The minimum absolute atomic E-state index is 0.0175. The Balaban J connectivity index is 1.79. The van der Waals surface area contributed by atoms with Crippen LogP contribution in [0.3, 0.4) is 0 Å². The molecule has 0 spiro atoms. The van der Waals surface area contributed by atoms with Crippen molar-refractivity contribution in [2.75, 3.05) is 27.2 Å². The Morgan fingerprint density at radius 3 is 2.32 bits per heavy atom. The van der Waals surface area contributed by atoms with E-state index in [4.69, 9.17) is 9.47 Å². The summed E-state index contributed by atoms with van der Waals surface area (Å²) in [6, 6.07) is 5.91. The summed E-state index contributed by atoms with van der Waals surface area (Å²) in [6.45, 7) is 3.29. The van der Waals surface area contributed by atoms with E-state index in [0.717, 1.165) is 36.6 Å². The number of hydrogen-bond donors (Lipinski definition) is 0. The van der Waals surface area contributed by atoms with Crippen LogP contribution in [0.1, 0.15) is 18.7 Å². The molecule has 0 atom stereocenters. The van der Waals surface area contributed by atoms with Crippen LogP contribution in [-0.2, 0) is 0 Å². The first-order chi connectivity index (χ1) is 15.7. The van der Waals surface area contributed by atoms with Gasteiger partial charge in [0.05, 0.1) is 23.7 Å². The quantitative estimate of drug-likeness (QED) is 0.408. The van der Waals surface area contributed by atoms with E-state index in [-0.39, 0.29) is 41.0 Å². The maximum Gasteiger partial charge on any atom is 0.310 e. The lowest BCUT2D eigenvalue weighted by Crippen LogP contribution is -2.35. The van der Waals surface area contributed by atoms with Crippen molar-refractivity contribution in [1.82, 2.24) is 14.5 Å². The van der Waals surface area contributed by atoms with E-state index in [9.17, 15) is 24.2 Å². The fourth-order valence-electron chi connectivity index (χ4n) is 4.01. The first-order valence-corrected chi connectivity index (χ1v) is 12.4. The number of halogens is 5. The van der Waals surface area contributed by atoms with Crippen LogP contribution in [0, 0.1) is 6.92 Å². The van der Waals surface area contributed by atoms with E-state index in [0.29, 0.717) is 5.75 Å². The van der Waals surface area contributed by atoms with E-state index in [2.05, 4.69) is 9.88 Å². The second kappa shape index (κ2) is 7.57. The summed E-state index contributed by atoms with van der Waals surface area (Å²) in [5.74, 6) is 0.887. The van der Waals surface area contributed by atoms with Crippen molar-refractivity contribution in [3.63, 3.8) is 0 Å². The van der Waals surface area contributed by atoms with Crippen LogP contribution in [0.2, 0.25) is 0 Å². The first kappa shape index (κ1) is 24.3. The zero-order chi connectivity index (χ0) is 25.0. The highest BCUT2D eigenvalue weighted by molar-refractivity contribution is 8.45. The number of hydrogen-bond acceptors (Lipinski definition) is 5. The van der Waals surface area contributed by atoms with Crippen LogP contribution in [0.25, 0.3) is 16.6 Å². The van der Waals surface area contributed by atoms with Gasteiger partial charge in [-0.15, -0.1) is 0 Å². The van der Waals surface area contributed by atoms with Gasteiger partial charge in [-0.1, -0.05) is 19.4 Å². The predicted molar refractivity (Wildman–Crippen MR) is 121 cm³/mol. The largest absolute Gasteiger partial charge is 0.494 e. The van der Waals surface area contributed by atoms with Crippen LogP contribution in [0.15, 0.2) is 46.1 Å². The van der Waals surface area contributed by atoms with Crippen LogP contribution in [0.4, 0.5) is 19.4 Å². The van der Waals surface area contributed by atoms with Crippen LogP contribution in [0.5, 0.6) is 11.5 Å². The molecule has 1 aliphatic heterocycles. The Kier molecular flexibility index (Phi) is 5.40. The summed E-state index contributed by atoms with van der Waals surface area (Å²) in [6.07, 6.45) is 1.72. The van der Waals surface area contributed by atoms with Crippen molar-refractivity contribution in [3.8, 4) is 17.2 Å². The Labute approximate surface area is 192 Å². The third-order valence-electron chi connectivity index (χ3n) is 5.81. The monoisotopic (exact) mass is 505 g/mol. The third kappa shape index (κ3) is 4.83. The maximum atomic E-state index is 13.3. The Morgan fingerprint density at radius 2 is 1.71 bits per heavy atom. The first-order valence-electron chi connectivity index (χ1n) is 10.5. The predicted octanol–water partition coefficient (Wildman–Crippen LogP) is 5.83. The van der Waals surface area contributed by atoms with E-state index >= 15 is 0 Å². The average molecular weight is 506 g/mol. The zero-order valence-corrected chi connectivity index (χ0v) is 19.6. The summed E-state index contributed by atoms with van der Waals surface area (Å²) >= 11 is 0. The molecule has 2 aromatic carbocycles. The number of aromatic nitrogens is 2. The molecule has 0 unspecified atom stereocenters. The average Bonchev–Trinajstić information content (AvgIpc) is 2.74. The number of piperidine rings is 1. The van der Waals surface area contributed by atoms with E-state index in [1.165, 1.54) is 20.1 Å². The molecule has 1 aromatic heterocycles. The van der Waals surface area contributed by atoms with E-state index in [1.54, 1.807) is 12.1 Å². The topological polar surface area (TPSA) is 56.6 Å². The highest BCUT2D eigenvalue weighted by Crippen LogP contribution is 3.02. The van der Waals surface area contributed by atoms with E-state index in [1.807, 2.05) is 7.05 Å². The molecule has 0 bridgehead atoms. The molecule has 3 aromatic rings. The van der Waals surface area contributed by atoms with Crippen molar-refractivity contribution < 1.29 is 28.9 Å². The minimum atomic E-state index is -9.97. The van der Waals surface area contributed by atoms with Gasteiger partial charge in [0.15, 0.2) is 0 Å². The molecule has 0 N–H and O–H groups in total. The van der Waals surface area contributed by atoms with Crippen molar-refractivity contribution in [2.45, 2.75) is 30.8 Å². The molecule has 0 amide bonds. The van der Waals surface area contributed by atoms with Crippen molar-refractivity contribution in [2.24, 2.45) is 0 Å². The van der Waals surface area contributed by atoms with Gasteiger partial charge >= 0.3 is 10.2 Å². The number of likely N-dealkylation sites (tertiary alicyclic amines) is 1. The molecular weight excluding hydrogens is 481 g/mol. The second-order valence-electron chi connectivity index (χ2n) is 8.40. The molecule has 0 radical (unpaired) electrons. The van der Waals surface area contributed by atoms with Gasteiger partial charge in [-0.3, -0.25) is 9.36 Å². The summed E-state index contributed by atoms with van der Waals surface area (Å²) in [7, 11) is -6.57. The Morgan fingerprint density at radius 1 is 1.03 bits per heavy atom. The summed E-state index contributed by atoms with van der Waals surface area (Å²) in [5.41, 5.74) is -0.841. The van der Waals surface area contributed by atoms with Gasteiger partial charge in [0.1, 0.15) is 28.3 Å².